The van der Waals surface area contributed by atoms with Crippen LogP contribution in [0.1, 0.15) is 23.6 Å². The third kappa shape index (κ3) is 5.68. The van der Waals surface area contributed by atoms with Crippen LogP contribution in [0.25, 0.3) is 6.08 Å². The molecule has 174 valence electrons. The fraction of sp³-hybridized carbons (Fsp3) is 0.154. The van der Waals surface area contributed by atoms with Crippen molar-refractivity contribution in [2.45, 2.75) is 20.1 Å². The monoisotopic (exact) mass is 557 g/mol. The Morgan fingerprint density at radius 2 is 1.82 bits per heavy atom. The first-order chi connectivity index (χ1) is 16.5. The van der Waals surface area contributed by atoms with E-state index in [1.807, 2.05) is 43.3 Å². The maximum Gasteiger partial charge on any atom is 0.266 e. The Morgan fingerprint density at radius 3 is 2.56 bits per heavy atom. The van der Waals surface area contributed by atoms with Gasteiger partial charge in [0, 0.05) is 5.56 Å². The fourth-order valence-electron chi connectivity index (χ4n) is 3.39. The molecule has 4 nitrogen and oxygen atoms in total. The highest BCUT2D eigenvalue weighted by Crippen LogP contribution is 2.40. The van der Waals surface area contributed by atoms with Gasteiger partial charge in [0.25, 0.3) is 5.91 Å². The molecule has 1 amide bonds. The summed E-state index contributed by atoms with van der Waals surface area (Å²) in [5, 5.41) is 0. The van der Waals surface area contributed by atoms with Gasteiger partial charge in [-0.3, -0.25) is 9.69 Å². The molecule has 8 heteroatoms. The zero-order valence-corrected chi connectivity index (χ0v) is 21.5. The number of halogens is 2. The van der Waals surface area contributed by atoms with E-state index >= 15 is 0 Å². The molecule has 4 rings (SSSR count). The largest absolute Gasteiger partial charge is 0.490 e. The van der Waals surface area contributed by atoms with Gasteiger partial charge in [0.2, 0.25) is 0 Å². The Kier molecular flexibility index (Phi) is 8.03. The summed E-state index contributed by atoms with van der Waals surface area (Å²) < 4.78 is 26.8. The van der Waals surface area contributed by atoms with Crippen LogP contribution in [0.15, 0.2) is 76.1 Å². The number of benzene rings is 3. The molecule has 3 aromatic rings. The zero-order valence-electron chi connectivity index (χ0n) is 18.3. The van der Waals surface area contributed by atoms with E-state index in [1.54, 1.807) is 35.2 Å². The topological polar surface area (TPSA) is 38.8 Å². The quantitative estimate of drug-likeness (QED) is 0.221. The maximum absolute atomic E-state index is 14.0. The summed E-state index contributed by atoms with van der Waals surface area (Å²) in [6.07, 6.45) is 1.79. The highest BCUT2D eigenvalue weighted by atomic mass is 79.9. The van der Waals surface area contributed by atoms with Gasteiger partial charge >= 0.3 is 0 Å². The molecule has 0 spiro atoms. The second-order valence-electron chi connectivity index (χ2n) is 7.40. The van der Waals surface area contributed by atoms with E-state index < -0.39 is 0 Å². The number of hydrogen-bond acceptors (Lipinski definition) is 5. The highest BCUT2D eigenvalue weighted by molar-refractivity contribution is 9.10. The van der Waals surface area contributed by atoms with Gasteiger partial charge in [0.15, 0.2) is 11.5 Å². The van der Waals surface area contributed by atoms with E-state index in [1.165, 1.54) is 17.8 Å². The van der Waals surface area contributed by atoms with Crippen LogP contribution in [-0.2, 0) is 17.9 Å². The van der Waals surface area contributed by atoms with Gasteiger partial charge in [-0.2, -0.15) is 0 Å². The van der Waals surface area contributed by atoms with Crippen LogP contribution in [0.3, 0.4) is 0 Å². The van der Waals surface area contributed by atoms with Crippen molar-refractivity contribution in [3.8, 4) is 11.5 Å². The SMILES string of the molecule is CCOc1cc(/C=C2/SC(=S)N(Cc3ccccc3)C2=O)cc(Br)c1OCc1ccccc1F. The first kappa shape index (κ1) is 24.4. The fourth-order valence-corrected chi connectivity index (χ4v) is 5.22. The van der Waals surface area contributed by atoms with Gasteiger partial charge in [0.1, 0.15) is 16.7 Å². The minimum absolute atomic E-state index is 0.0584. The average Bonchev–Trinajstić information content (AvgIpc) is 3.08. The van der Waals surface area contributed by atoms with Crippen LogP contribution in [0, 0.1) is 5.82 Å². The molecule has 1 heterocycles. The molecule has 0 unspecified atom stereocenters. The number of ether oxygens (including phenoxy) is 2. The Hall–Kier alpha value is -2.68. The van der Waals surface area contributed by atoms with E-state index in [9.17, 15) is 9.18 Å². The molecular weight excluding hydrogens is 537 g/mol. The number of nitrogens with zero attached hydrogens (tertiary/aromatic N) is 1. The molecule has 0 atom stereocenters. The smallest absolute Gasteiger partial charge is 0.266 e. The van der Waals surface area contributed by atoms with E-state index in [-0.39, 0.29) is 18.3 Å². The third-order valence-electron chi connectivity index (χ3n) is 5.02. The lowest BCUT2D eigenvalue weighted by atomic mass is 10.1. The Bertz CT molecular complexity index is 1250. The van der Waals surface area contributed by atoms with Gasteiger partial charge in [0.05, 0.1) is 22.5 Å². The highest BCUT2D eigenvalue weighted by Gasteiger charge is 2.32. The van der Waals surface area contributed by atoms with Crippen molar-refractivity contribution in [1.29, 1.82) is 0 Å². The van der Waals surface area contributed by atoms with Crippen molar-refractivity contribution in [2.75, 3.05) is 6.61 Å². The van der Waals surface area contributed by atoms with Crippen LogP contribution in [0.2, 0.25) is 0 Å². The predicted octanol–water partition coefficient (Wildman–Crippen LogP) is 6.97. The van der Waals surface area contributed by atoms with E-state index in [0.717, 1.165) is 11.1 Å². The second kappa shape index (κ2) is 11.2. The van der Waals surface area contributed by atoms with Crippen molar-refractivity contribution in [2.24, 2.45) is 0 Å². The number of thioether (sulfide) groups is 1. The average molecular weight is 558 g/mol. The van der Waals surface area contributed by atoms with E-state index in [2.05, 4.69) is 15.9 Å². The van der Waals surface area contributed by atoms with Crippen molar-refractivity contribution in [1.82, 2.24) is 4.90 Å². The zero-order chi connectivity index (χ0) is 24.1. The maximum atomic E-state index is 14.0. The van der Waals surface area contributed by atoms with Gasteiger partial charge in [-0.15, -0.1) is 0 Å². The molecule has 0 N–H and O–H groups in total. The third-order valence-corrected chi connectivity index (χ3v) is 6.98. The normalized spacial score (nSPS) is 14.7. The Morgan fingerprint density at radius 1 is 1.09 bits per heavy atom. The summed E-state index contributed by atoms with van der Waals surface area (Å²) in [6.45, 7) is 2.78. The molecule has 3 aromatic carbocycles. The van der Waals surface area contributed by atoms with Crippen molar-refractivity contribution < 1.29 is 18.7 Å². The number of carbonyl (C=O) groups excluding carboxylic acids is 1. The summed E-state index contributed by atoms with van der Waals surface area (Å²) in [4.78, 5) is 15.2. The number of carbonyl (C=O) groups is 1. The lowest BCUT2D eigenvalue weighted by molar-refractivity contribution is -0.122. The Labute approximate surface area is 215 Å². The first-order valence-electron chi connectivity index (χ1n) is 10.6. The van der Waals surface area contributed by atoms with E-state index in [0.29, 0.717) is 43.9 Å². The number of rotatable bonds is 8. The van der Waals surface area contributed by atoms with Gasteiger partial charge in [-0.05, 0) is 58.3 Å². The minimum Gasteiger partial charge on any atom is -0.490 e. The number of thiocarbonyl (C=S) groups is 1. The predicted molar refractivity (Wildman–Crippen MR) is 141 cm³/mol. The minimum atomic E-state index is -0.328. The summed E-state index contributed by atoms with van der Waals surface area (Å²) >= 11 is 10.3. The molecule has 0 aliphatic carbocycles. The van der Waals surface area contributed by atoms with Crippen LogP contribution >= 0.6 is 39.9 Å². The molecule has 0 aromatic heterocycles. The molecule has 0 radical (unpaired) electrons. The van der Waals surface area contributed by atoms with Gasteiger partial charge < -0.3 is 9.47 Å². The first-order valence-corrected chi connectivity index (χ1v) is 12.6. The van der Waals surface area contributed by atoms with Crippen molar-refractivity contribution in [3.63, 3.8) is 0 Å². The van der Waals surface area contributed by atoms with Crippen LogP contribution in [0.5, 0.6) is 11.5 Å². The van der Waals surface area contributed by atoms with Crippen molar-refractivity contribution >= 4 is 56.2 Å². The Balaban J connectivity index is 1.56. The van der Waals surface area contributed by atoms with E-state index in [4.69, 9.17) is 21.7 Å². The number of amides is 1. The molecule has 1 aliphatic rings. The van der Waals surface area contributed by atoms with Gasteiger partial charge in [-0.25, -0.2) is 4.39 Å². The molecule has 1 fully saturated rings. The summed E-state index contributed by atoms with van der Waals surface area (Å²) in [7, 11) is 0. The van der Waals surface area contributed by atoms with Crippen LogP contribution in [0.4, 0.5) is 4.39 Å². The van der Waals surface area contributed by atoms with Crippen LogP contribution in [-0.4, -0.2) is 21.7 Å². The number of hydrogen-bond donors (Lipinski definition) is 0. The molecular formula is C26H21BrFNO3S2. The molecule has 0 bridgehead atoms. The lowest BCUT2D eigenvalue weighted by Crippen LogP contribution is -2.27. The molecule has 0 saturated carbocycles. The van der Waals surface area contributed by atoms with Crippen molar-refractivity contribution in [3.05, 3.63) is 98.6 Å². The molecule has 1 saturated heterocycles. The summed E-state index contributed by atoms with van der Waals surface area (Å²) in [5.74, 6) is 0.511. The second-order valence-corrected chi connectivity index (χ2v) is 9.93. The molecule has 1 aliphatic heterocycles. The summed E-state index contributed by atoms with van der Waals surface area (Å²) in [5.41, 5.74) is 2.22. The van der Waals surface area contributed by atoms with Crippen LogP contribution < -0.4 is 9.47 Å². The summed E-state index contributed by atoms with van der Waals surface area (Å²) in [6, 6.07) is 19.8. The molecule has 34 heavy (non-hydrogen) atoms. The van der Waals surface area contributed by atoms with Gasteiger partial charge in [-0.1, -0.05) is 72.5 Å². The standard InChI is InChI=1S/C26H21BrFNO3S2/c1-2-31-22-13-18(12-20(27)24(22)32-16-19-10-6-7-11-21(19)28)14-23-25(30)29(26(33)34-23)15-17-8-4-3-5-9-17/h3-14H,2,15-16H2,1H3/b23-14+. The lowest BCUT2D eigenvalue weighted by Gasteiger charge is -2.15.